The van der Waals surface area contributed by atoms with Gasteiger partial charge in [0.2, 0.25) is 0 Å². The first-order chi connectivity index (χ1) is 6.37. The van der Waals surface area contributed by atoms with Gasteiger partial charge in [-0.1, -0.05) is 6.92 Å². The molecule has 1 aliphatic carbocycles. The zero-order valence-electron chi connectivity index (χ0n) is 8.73. The average molecular weight is 182 g/mol. The molecular formula is C11H22N2. The van der Waals surface area contributed by atoms with Crippen molar-refractivity contribution in [3.63, 3.8) is 0 Å². The van der Waals surface area contributed by atoms with E-state index in [1.165, 1.54) is 45.3 Å². The van der Waals surface area contributed by atoms with E-state index < -0.39 is 0 Å². The second kappa shape index (κ2) is 3.97. The predicted molar refractivity (Wildman–Crippen MR) is 55.8 cm³/mol. The fourth-order valence-corrected chi connectivity index (χ4v) is 2.64. The van der Waals surface area contributed by atoms with E-state index in [-0.39, 0.29) is 0 Å². The summed E-state index contributed by atoms with van der Waals surface area (Å²) in [6, 6.07) is 0. The third-order valence-corrected chi connectivity index (χ3v) is 3.78. The van der Waals surface area contributed by atoms with E-state index in [0.29, 0.717) is 5.41 Å². The number of hydrogen-bond acceptors (Lipinski definition) is 2. The lowest BCUT2D eigenvalue weighted by Gasteiger charge is -2.31. The minimum atomic E-state index is 0.698. The summed E-state index contributed by atoms with van der Waals surface area (Å²) >= 11 is 0. The van der Waals surface area contributed by atoms with Gasteiger partial charge in [0.1, 0.15) is 0 Å². The molecule has 0 aromatic rings. The van der Waals surface area contributed by atoms with Gasteiger partial charge in [0.15, 0.2) is 0 Å². The van der Waals surface area contributed by atoms with E-state index in [2.05, 4.69) is 17.6 Å². The van der Waals surface area contributed by atoms with E-state index in [9.17, 15) is 0 Å². The molecule has 1 saturated carbocycles. The quantitative estimate of drug-likeness (QED) is 0.686. The van der Waals surface area contributed by atoms with Gasteiger partial charge in [-0.2, -0.15) is 0 Å². The summed E-state index contributed by atoms with van der Waals surface area (Å²) < 4.78 is 0. The first-order valence-corrected chi connectivity index (χ1v) is 5.79. The van der Waals surface area contributed by atoms with Gasteiger partial charge in [0.25, 0.3) is 0 Å². The summed E-state index contributed by atoms with van der Waals surface area (Å²) in [5.41, 5.74) is 0.698. The van der Waals surface area contributed by atoms with Crippen molar-refractivity contribution in [2.24, 2.45) is 11.3 Å². The molecule has 13 heavy (non-hydrogen) atoms. The summed E-state index contributed by atoms with van der Waals surface area (Å²) in [6.07, 6.45) is 5.77. The Morgan fingerprint density at radius 1 is 1.46 bits per heavy atom. The number of hydrogen-bond donors (Lipinski definition) is 2. The summed E-state index contributed by atoms with van der Waals surface area (Å²) in [6.45, 7) is 7.10. The molecule has 2 fully saturated rings. The van der Waals surface area contributed by atoms with Crippen molar-refractivity contribution in [1.82, 2.24) is 10.6 Å². The second-order valence-electron chi connectivity index (χ2n) is 4.69. The SMILES string of the molecule is CCNCC1(C2CCCNC2)CC1. The monoisotopic (exact) mass is 182 g/mol. The highest BCUT2D eigenvalue weighted by Crippen LogP contribution is 2.53. The van der Waals surface area contributed by atoms with Crippen LogP contribution in [0.25, 0.3) is 0 Å². The number of piperidine rings is 1. The van der Waals surface area contributed by atoms with Crippen LogP contribution in [-0.4, -0.2) is 26.2 Å². The molecule has 2 nitrogen and oxygen atoms in total. The zero-order valence-corrected chi connectivity index (χ0v) is 8.73. The highest BCUT2D eigenvalue weighted by molar-refractivity contribution is 5.01. The molecule has 2 N–H and O–H groups in total. The van der Waals surface area contributed by atoms with Gasteiger partial charge in [0, 0.05) is 6.54 Å². The van der Waals surface area contributed by atoms with Gasteiger partial charge in [-0.05, 0) is 56.7 Å². The molecule has 0 aromatic carbocycles. The summed E-state index contributed by atoms with van der Waals surface area (Å²) in [4.78, 5) is 0. The van der Waals surface area contributed by atoms with Crippen LogP contribution in [0.3, 0.4) is 0 Å². The Labute approximate surface area is 81.5 Å². The van der Waals surface area contributed by atoms with Crippen LogP contribution in [0, 0.1) is 11.3 Å². The molecule has 2 aliphatic rings. The van der Waals surface area contributed by atoms with Crippen LogP contribution < -0.4 is 10.6 Å². The van der Waals surface area contributed by atoms with Crippen molar-refractivity contribution in [3.8, 4) is 0 Å². The molecule has 76 valence electrons. The molecule has 1 aliphatic heterocycles. The Morgan fingerprint density at radius 3 is 2.85 bits per heavy atom. The van der Waals surface area contributed by atoms with E-state index >= 15 is 0 Å². The Hall–Kier alpha value is -0.0800. The Bertz CT molecular complexity index is 157. The molecule has 1 heterocycles. The standard InChI is InChI=1S/C11H22N2/c1-2-12-9-11(5-6-11)10-4-3-7-13-8-10/h10,12-13H,2-9H2,1H3. The van der Waals surface area contributed by atoms with Crippen molar-refractivity contribution in [2.75, 3.05) is 26.2 Å². The minimum absolute atomic E-state index is 0.698. The average Bonchev–Trinajstić information content (AvgIpc) is 2.97. The summed E-state index contributed by atoms with van der Waals surface area (Å²) in [7, 11) is 0. The molecule has 0 amide bonds. The van der Waals surface area contributed by atoms with Gasteiger partial charge in [0.05, 0.1) is 0 Å². The molecule has 1 saturated heterocycles. The third kappa shape index (κ3) is 2.05. The van der Waals surface area contributed by atoms with Crippen molar-refractivity contribution in [3.05, 3.63) is 0 Å². The van der Waals surface area contributed by atoms with Crippen molar-refractivity contribution in [1.29, 1.82) is 0 Å². The maximum Gasteiger partial charge on any atom is 0.00108 e. The van der Waals surface area contributed by atoms with Crippen LogP contribution >= 0.6 is 0 Å². The molecule has 0 radical (unpaired) electrons. The van der Waals surface area contributed by atoms with E-state index in [4.69, 9.17) is 0 Å². The van der Waals surface area contributed by atoms with Gasteiger partial charge in [-0.3, -0.25) is 0 Å². The predicted octanol–water partition coefficient (Wildman–Crippen LogP) is 1.38. The minimum Gasteiger partial charge on any atom is -0.316 e. The first kappa shape index (κ1) is 9.47. The van der Waals surface area contributed by atoms with Crippen LogP contribution in [0.1, 0.15) is 32.6 Å². The van der Waals surface area contributed by atoms with Crippen molar-refractivity contribution >= 4 is 0 Å². The smallest absolute Gasteiger partial charge is 0.00108 e. The number of rotatable bonds is 4. The molecule has 2 heteroatoms. The van der Waals surface area contributed by atoms with Gasteiger partial charge in [-0.25, -0.2) is 0 Å². The lowest BCUT2D eigenvalue weighted by molar-refractivity contribution is 0.237. The normalized spacial score (nSPS) is 31.6. The molecular weight excluding hydrogens is 160 g/mol. The maximum absolute atomic E-state index is 3.53. The molecule has 2 rings (SSSR count). The van der Waals surface area contributed by atoms with E-state index in [0.717, 1.165) is 12.5 Å². The molecule has 0 bridgehead atoms. The Morgan fingerprint density at radius 2 is 2.31 bits per heavy atom. The molecule has 1 unspecified atom stereocenters. The van der Waals surface area contributed by atoms with Crippen LogP contribution in [0.4, 0.5) is 0 Å². The highest BCUT2D eigenvalue weighted by Gasteiger charge is 2.48. The largest absolute Gasteiger partial charge is 0.316 e. The fraction of sp³-hybridized carbons (Fsp3) is 1.00. The molecule has 0 aromatic heterocycles. The number of nitrogens with one attached hydrogen (secondary N) is 2. The highest BCUT2D eigenvalue weighted by atomic mass is 14.9. The van der Waals surface area contributed by atoms with Crippen LogP contribution in [0.2, 0.25) is 0 Å². The van der Waals surface area contributed by atoms with Crippen molar-refractivity contribution in [2.45, 2.75) is 32.6 Å². The second-order valence-corrected chi connectivity index (χ2v) is 4.69. The van der Waals surface area contributed by atoms with Crippen LogP contribution in [-0.2, 0) is 0 Å². The summed E-state index contributed by atoms with van der Waals surface area (Å²) in [5.74, 6) is 0.959. The van der Waals surface area contributed by atoms with Crippen molar-refractivity contribution < 1.29 is 0 Å². The van der Waals surface area contributed by atoms with Gasteiger partial charge in [-0.15, -0.1) is 0 Å². The lowest BCUT2D eigenvalue weighted by atomic mass is 9.83. The Balaban J connectivity index is 1.82. The van der Waals surface area contributed by atoms with E-state index in [1.807, 2.05) is 0 Å². The fourth-order valence-electron chi connectivity index (χ4n) is 2.64. The van der Waals surface area contributed by atoms with E-state index in [1.54, 1.807) is 0 Å². The molecule has 1 atom stereocenters. The maximum atomic E-state index is 3.53. The van der Waals surface area contributed by atoms with Crippen LogP contribution in [0.5, 0.6) is 0 Å². The Kier molecular flexibility index (Phi) is 2.89. The molecule has 0 spiro atoms. The van der Waals surface area contributed by atoms with Gasteiger partial charge >= 0.3 is 0 Å². The van der Waals surface area contributed by atoms with Crippen LogP contribution in [0.15, 0.2) is 0 Å². The topological polar surface area (TPSA) is 24.1 Å². The lowest BCUT2D eigenvalue weighted by Crippen LogP contribution is -2.39. The zero-order chi connectivity index (χ0) is 9.15. The summed E-state index contributed by atoms with van der Waals surface area (Å²) in [5, 5.41) is 7.05. The third-order valence-electron chi connectivity index (χ3n) is 3.78. The first-order valence-electron chi connectivity index (χ1n) is 5.79. The van der Waals surface area contributed by atoms with Gasteiger partial charge < -0.3 is 10.6 Å².